The maximum Gasteiger partial charge on any atom is 0.273 e. The number of aromatic nitrogens is 1. The van der Waals surface area contributed by atoms with E-state index in [1.165, 1.54) is 11.3 Å². The van der Waals surface area contributed by atoms with Gasteiger partial charge in [-0.15, -0.1) is 11.3 Å². The predicted molar refractivity (Wildman–Crippen MR) is 84.8 cm³/mol. The topological polar surface area (TPSA) is 68.5 Å². The maximum atomic E-state index is 12.3. The van der Waals surface area contributed by atoms with Crippen molar-refractivity contribution in [2.45, 2.75) is 19.4 Å². The van der Waals surface area contributed by atoms with Crippen molar-refractivity contribution in [3.05, 3.63) is 40.9 Å². The molecule has 0 aliphatic heterocycles. The zero-order chi connectivity index (χ0) is 15.4. The summed E-state index contributed by atoms with van der Waals surface area (Å²) in [7, 11) is 3.42. The Kier molecular flexibility index (Phi) is 4.80. The van der Waals surface area contributed by atoms with Gasteiger partial charge in [0.15, 0.2) is 5.13 Å². The fourth-order valence-corrected chi connectivity index (χ4v) is 2.63. The third-order valence-electron chi connectivity index (χ3n) is 3.43. The van der Waals surface area contributed by atoms with Gasteiger partial charge in [0.1, 0.15) is 11.4 Å². The summed E-state index contributed by atoms with van der Waals surface area (Å²) >= 11 is 1.27. The van der Waals surface area contributed by atoms with E-state index in [0.717, 1.165) is 11.3 Å². The summed E-state index contributed by atoms with van der Waals surface area (Å²) in [6.07, 6.45) is 0.714. The number of amides is 1. The van der Waals surface area contributed by atoms with Gasteiger partial charge in [0.05, 0.1) is 7.11 Å². The molecule has 112 valence electrons. The van der Waals surface area contributed by atoms with Gasteiger partial charge in [-0.3, -0.25) is 4.79 Å². The average molecular weight is 305 g/mol. The molecule has 0 radical (unpaired) electrons. The minimum atomic E-state index is -0.120. The first-order chi connectivity index (χ1) is 10.0. The molecule has 0 fully saturated rings. The van der Waals surface area contributed by atoms with Gasteiger partial charge in [-0.2, -0.15) is 0 Å². The van der Waals surface area contributed by atoms with Gasteiger partial charge in [-0.25, -0.2) is 4.98 Å². The van der Waals surface area contributed by atoms with E-state index >= 15 is 0 Å². The van der Waals surface area contributed by atoms with Crippen LogP contribution in [0.2, 0.25) is 0 Å². The van der Waals surface area contributed by atoms with Gasteiger partial charge in [-0.1, -0.05) is 18.2 Å². The molecule has 1 aromatic carbocycles. The fourth-order valence-electron chi connectivity index (χ4n) is 2.09. The number of nitrogens with zero attached hydrogens (tertiary/aromatic N) is 2. The van der Waals surface area contributed by atoms with Crippen LogP contribution in [-0.4, -0.2) is 36.0 Å². The molecular weight excluding hydrogens is 286 g/mol. The van der Waals surface area contributed by atoms with Crippen LogP contribution in [0.15, 0.2) is 29.6 Å². The van der Waals surface area contributed by atoms with E-state index < -0.39 is 0 Å². The van der Waals surface area contributed by atoms with Crippen molar-refractivity contribution < 1.29 is 9.53 Å². The fraction of sp³-hybridized carbons (Fsp3) is 0.333. The summed E-state index contributed by atoms with van der Waals surface area (Å²) < 4.78 is 5.34. The molecule has 1 heterocycles. The standard InChI is InChI=1S/C15H19N3O2S/c1-10(8-11-6-4-5-7-13(11)20-3)18(2)14(19)12-9-21-15(16)17-12/h4-7,9-10H,8H2,1-3H3,(H2,16,17). The summed E-state index contributed by atoms with van der Waals surface area (Å²) in [5.74, 6) is 0.716. The summed E-state index contributed by atoms with van der Waals surface area (Å²) in [4.78, 5) is 18.0. The van der Waals surface area contributed by atoms with E-state index in [1.54, 1.807) is 24.4 Å². The Labute approximate surface area is 128 Å². The number of hydrogen-bond donors (Lipinski definition) is 1. The van der Waals surface area contributed by atoms with Crippen LogP contribution in [0.4, 0.5) is 5.13 Å². The van der Waals surface area contributed by atoms with Crippen LogP contribution < -0.4 is 10.5 Å². The highest BCUT2D eigenvalue weighted by Gasteiger charge is 2.20. The van der Waals surface area contributed by atoms with Crippen LogP contribution in [-0.2, 0) is 6.42 Å². The third-order valence-corrected chi connectivity index (χ3v) is 4.10. The number of thiazole rings is 1. The number of hydrogen-bond acceptors (Lipinski definition) is 5. The second-order valence-electron chi connectivity index (χ2n) is 4.85. The average Bonchev–Trinajstić information content (AvgIpc) is 2.92. The van der Waals surface area contributed by atoms with E-state index in [0.29, 0.717) is 17.2 Å². The molecule has 5 nitrogen and oxygen atoms in total. The third kappa shape index (κ3) is 3.52. The number of ether oxygens (including phenoxy) is 1. The van der Waals surface area contributed by atoms with E-state index in [1.807, 2.05) is 31.2 Å². The highest BCUT2D eigenvalue weighted by Crippen LogP contribution is 2.21. The first-order valence-electron chi connectivity index (χ1n) is 6.63. The highest BCUT2D eigenvalue weighted by molar-refractivity contribution is 7.13. The van der Waals surface area contributed by atoms with Crippen molar-refractivity contribution in [1.29, 1.82) is 0 Å². The summed E-state index contributed by atoms with van der Waals surface area (Å²) in [5.41, 5.74) is 7.04. The molecule has 1 aromatic heterocycles. The van der Waals surface area contributed by atoms with Crippen LogP contribution in [0.3, 0.4) is 0 Å². The number of anilines is 1. The Morgan fingerprint density at radius 1 is 1.48 bits per heavy atom. The molecule has 1 amide bonds. The van der Waals surface area contributed by atoms with Crippen LogP contribution in [0.5, 0.6) is 5.75 Å². The van der Waals surface area contributed by atoms with E-state index in [2.05, 4.69) is 4.98 Å². The number of para-hydroxylation sites is 1. The number of rotatable bonds is 5. The van der Waals surface area contributed by atoms with E-state index in [-0.39, 0.29) is 11.9 Å². The minimum Gasteiger partial charge on any atom is -0.496 e. The number of methoxy groups -OCH3 is 1. The molecule has 0 saturated heterocycles. The quantitative estimate of drug-likeness (QED) is 0.921. The number of carbonyl (C=O) groups excluding carboxylic acids is 1. The second-order valence-corrected chi connectivity index (χ2v) is 5.74. The van der Waals surface area contributed by atoms with Crippen molar-refractivity contribution in [1.82, 2.24) is 9.88 Å². The van der Waals surface area contributed by atoms with Gasteiger partial charge in [0.2, 0.25) is 0 Å². The Bertz CT molecular complexity index is 627. The van der Waals surface area contributed by atoms with Gasteiger partial charge < -0.3 is 15.4 Å². The van der Waals surface area contributed by atoms with Crippen LogP contribution in [0, 0.1) is 0 Å². The largest absolute Gasteiger partial charge is 0.496 e. The van der Waals surface area contributed by atoms with Crippen LogP contribution >= 0.6 is 11.3 Å². The lowest BCUT2D eigenvalue weighted by atomic mass is 10.0. The number of carbonyl (C=O) groups is 1. The maximum absolute atomic E-state index is 12.3. The molecule has 0 bridgehead atoms. The first-order valence-corrected chi connectivity index (χ1v) is 7.51. The molecule has 2 N–H and O–H groups in total. The zero-order valence-electron chi connectivity index (χ0n) is 12.4. The summed E-state index contributed by atoms with van der Waals surface area (Å²) in [6.45, 7) is 2.00. The number of nitrogens with two attached hydrogens (primary N) is 1. The lowest BCUT2D eigenvalue weighted by molar-refractivity contribution is 0.0738. The molecule has 1 atom stereocenters. The van der Waals surface area contributed by atoms with Crippen molar-refractivity contribution >= 4 is 22.4 Å². The van der Waals surface area contributed by atoms with Crippen LogP contribution in [0.1, 0.15) is 23.0 Å². The van der Waals surface area contributed by atoms with Gasteiger partial charge in [0.25, 0.3) is 5.91 Å². The molecule has 1 unspecified atom stereocenters. The zero-order valence-corrected chi connectivity index (χ0v) is 13.2. The Morgan fingerprint density at radius 2 is 2.19 bits per heavy atom. The second kappa shape index (κ2) is 6.58. The molecule has 2 aromatic rings. The van der Waals surface area contributed by atoms with Gasteiger partial charge >= 0.3 is 0 Å². The van der Waals surface area contributed by atoms with Gasteiger partial charge in [0, 0.05) is 18.5 Å². The van der Waals surface area contributed by atoms with E-state index in [9.17, 15) is 4.79 Å². The Morgan fingerprint density at radius 3 is 2.81 bits per heavy atom. The first kappa shape index (κ1) is 15.3. The molecule has 0 aliphatic rings. The number of nitrogen functional groups attached to an aromatic ring is 1. The molecule has 2 rings (SSSR count). The summed E-state index contributed by atoms with van der Waals surface area (Å²) in [5, 5.41) is 2.09. The predicted octanol–water partition coefficient (Wildman–Crippen LogP) is 2.44. The number of likely N-dealkylation sites (N-methyl/N-ethyl adjacent to an activating group) is 1. The molecule has 0 aliphatic carbocycles. The van der Waals surface area contributed by atoms with Crippen molar-refractivity contribution in [2.75, 3.05) is 19.9 Å². The van der Waals surface area contributed by atoms with E-state index in [4.69, 9.17) is 10.5 Å². The normalized spacial score (nSPS) is 12.0. The molecule has 0 saturated carbocycles. The minimum absolute atomic E-state index is 0.0247. The Balaban J connectivity index is 2.09. The van der Waals surface area contributed by atoms with Gasteiger partial charge in [-0.05, 0) is 25.0 Å². The molecule has 0 spiro atoms. The van der Waals surface area contributed by atoms with Crippen molar-refractivity contribution in [3.8, 4) is 5.75 Å². The lowest BCUT2D eigenvalue weighted by Crippen LogP contribution is -2.36. The number of benzene rings is 1. The van der Waals surface area contributed by atoms with Crippen LogP contribution in [0.25, 0.3) is 0 Å². The molecule has 21 heavy (non-hydrogen) atoms. The SMILES string of the molecule is COc1ccccc1CC(C)N(C)C(=O)c1csc(N)n1. The summed E-state index contributed by atoms with van der Waals surface area (Å²) in [6, 6.07) is 7.85. The monoisotopic (exact) mass is 305 g/mol. The molecular formula is C15H19N3O2S. The van der Waals surface area contributed by atoms with Crippen molar-refractivity contribution in [3.63, 3.8) is 0 Å². The highest BCUT2D eigenvalue weighted by atomic mass is 32.1. The lowest BCUT2D eigenvalue weighted by Gasteiger charge is -2.25. The smallest absolute Gasteiger partial charge is 0.273 e. The Hall–Kier alpha value is -2.08. The molecule has 6 heteroatoms. The van der Waals surface area contributed by atoms with Crippen molar-refractivity contribution in [2.24, 2.45) is 0 Å².